The largest absolute Gasteiger partial charge is 0.394 e. The van der Waals surface area contributed by atoms with Gasteiger partial charge in [-0.3, -0.25) is 4.79 Å². The molecule has 2 aromatic heterocycles. The summed E-state index contributed by atoms with van der Waals surface area (Å²) in [7, 11) is 1.80. The van der Waals surface area contributed by atoms with Crippen molar-refractivity contribution in [1.29, 1.82) is 0 Å². The molecule has 0 aliphatic carbocycles. The van der Waals surface area contributed by atoms with E-state index in [0.29, 0.717) is 36.1 Å². The molecule has 178 valence electrons. The number of nitrogens with zero attached hydrogens (tertiary/aromatic N) is 5. The fourth-order valence-corrected chi connectivity index (χ4v) is 3.99. The zero-order valence-corrected chi connectivity index (χ0v) is 19.4. The number of hydrogen-bond donors (Lipinski definition) is 3. The molecule has 10 heteroatoms. The average Bonchev–Trinajstić information content (AvgIpc) is 3.30. The number of aliphatic hydroxyl groups is 1. The number of likely N-dealkylation sites (N-methyl/N-ethyl adjacent to an activating group) is 1. The number of aryl methyl sites for hydroxylation is 1. The molecule has 0 spiro atoms. The van der Waals surface area contributed by atoms with Gasteiger partial charge in [-0.2, -0.15) is 9.97 Å². The van der Waals surface area contributed by atoms with Crippen molar-refractivity contribution >= 4 is 23.4 Å². The lowest BCUT2D eigenvalue weighted by Crippen LogP contribution is -2.32. The van der Waals surface area contributed by atoms with Gasteiger partial charge in [-0.15, -0.1) is 0 Å². The normalized spacial score (nSPS) is 13.9. The highest BCUT2D eigenvalue weighted by Gasteiger charge is 2.21. The lowest BCUT2D eigenvalue weighted by atomic mass is 9.99. The lowest BCUT2D eigenvalue weighted by Gasteiger charge is -2.25. The molecular formula is C25H25N7O3. The molecule has 3 heterocycles. The molecule has 0 bridgehead atoms. The number of amides is 1. The standard InChI is InChI=1S/C25H25N7O3/c1-15-27-24(35-31-15)20-12-26-25(30-23(20)29-21(14-33)16-6-4-3-5-7-16)28-19-9-8-17-11-22(34)32(2)13-18(17)10-19/h3-10,12,21,33H,11,13-14H2,1-2H3,(H2,26,28,29,30)/t21-/m1/s1. The van der Waals surface area contributed by atoms with Gasteiger partial charge in [0, 0.05) is 25.5 Å². The number of hydrogen-bond acceptors (Lipinski definition) is 9. The maximum atomic E-state index is 12.0. The van der Waals surface area contributed by atoms with Crippen molar-refractivity contribution in [3.8, 4) is 11.5 Å². The molecular weight excluding hydrogens is 446 g/mol. The van der Waals surface area contributed by atoms with Crippen LogP contribution in [0.1, 0.15) is 28.6 Å². The first kappa shape index (κ1) is 22.5. The second-order valence-corrected chi connectivity index (χ2v) is 8.43. The summed E-state index contributed by atoms with van der Waals surface area (Å²) >= 11 is 0. The molecule has 3 N–H and O–H groups in total. The smallest absolute Gasteiger partial charge is 0.263 e. The Morgan fingerprint density at radius 1 is 1.14 bits per heavy atom. The van der Waals surface area contributed by atoms with Crippen LogP contribution < -0.4 is 10.6 Å². The van der Waals surface area contributed by atoms with Crippen LogP contribution in [0.5, 0.6) is 0 Å². The molecule has 1 atom stereocenters. The monoisotopic (exact) mass is 471 g/mol. The summed E-state index contributed by atoms with van der Waals surface area (Å²) in [6.45, 7) is 2.15. The van der Waals surface area contributed by atoms with Crippen LogP contribution in [0.3, 0.4) is 0 Å². The van der Waals surface area contributed by atoms with Gasteiger partial charge in [-0.25, -0.2) is 4.98 Å². The van der Waals surface area contributed by atoms with Crippen LogP contribution in [0.15, 0.2) is 59.3 Å². The molecule has 1 aliphatic rings. The summed E-state index contributed by atoms with van der Waals surface area (Å²) < 4.78 is 5.35. The Hall–Kier alpha value is -4.31. The third-order valence-electron chi connectivity index (χ3n) is 5.88. The molecule has 0 radical (unpaired) electrons. The van der Waals surface area contributed by atoms with Gasteiger partial charge < -0.3 is 25.2 Å². The van der Waals surface area contributed by atoms with E-state index in [1.165, 1.54) is 0 Å². The summed E-state index contributed by atoms with van der Waals surface area (Å²) in [6, 6.07) is 15.1. The van der Waals surface area contributed by atoms with Crippen LogP contribution in [0.2, 0.25) is 0 Å². The van der Waals surface area contributed by atoms with Crippen molar-refractivity contribution in [3.63, 3.8) is 0 Å². The summed E-state index contributed by atoms with van der Waals surface area (Å²) in [6.07, 6.45) is 2.01. The van der Waals surface area contributed by atoms with Crippen molar-refractivity contribution in [3.05, 3.63) is 77.2 Å². The van der Waals surface area contributed by atoms with Gasteiger partial charge in [0.1, 0.15) is 11.4 Å². The first-order valence-electron chi connectivity index (χ1n) is 11.2. The Morgan fingerprint density at radius 2 is 1.97 bits per heavy atom. The topological polar surface area (TPSA) is 129 Å². The predicted molar refractivity (Wildman–Crippen MR) is 130 cm³/mol. The van der Waals surface area contributed by atoms with E-state index in [9.17, 15) is 9.90 Å². The summed E-state index contributed by atoms with van der Waals surface area (Å²) in [5, 5.41) is 20.5. The van der Waals surface area contributed by atoms with E-state index in [1.54, 1.807) is 25.1 Å². The number of carbonyl (C=O) groups excluding carboxylic acids is 1. The van der Waals surface area contributed by atoms with Gasteiger partial charge in [-0.1, -0.05) is 41.6 Å². The van der Waals surface area contributed by atoms with E-state index < -0.39 is 6.04 Å². The van der Waals surface area contributed by atoms with Gasteiger partial charge in [0.05, 0.1) is 19.1 Å². The van der Waals surface area contributed by atoms with Gasteiger partial charge in [0.2, 0.25) is 11.9 Å². The molecule has 10 nitrogen and oxygen atoms in total. The first-order valence-corrected chi connectivity index (χ1v) is 11.2. The highest BCUT2D eigenvalue weighted by Crippen LogP contribution is 2.30. The minimum Gasteiger partial charge on any atom is -0.394 e. The summed E-state index contributed by atoms with van der Waals surface area (Å²) in [4.78, 5) is 27.1. The van der Waals surface area contributed by atoms with Crippen LogP contribution >= 0.6 is 0 Å². The minimum absolute atomic E-state index is 0.112. The third-order valence-corrected chi connectivity index (χ3v) is 5.88. The molecule has 5 rings (SSSR count). The van der Waals surface area contributed by atoms with Crippen molar-refractivity contribution in [1.82, 2.24) is 25.0 Å². The van der Waals surface area contributed by atoms with Crippen LogP contribution in [0, 0.1) is 6.92 Å². The van der Waals surface area contributed by atoms with E-state index in [4.69, 9.17) is 4.52 Å². The number of rotatable bonds is 7. The molecule has 0 saturated heterocycles. The van der Waals surface area contributed by atoms with Crippen molar-refractivity contribution in [2.75, 3.05) is 24.3 Å². The van der Waals surface area contributed by atoms with Crippen molar-refractivity contribution in [2.45, 2.75) is 25.9 Å². The van der Waals surface area contributed by atoms with Gasteiger partial charge >= 0.3 is 0 Å². The number of fused-ring (bicyclic) bond motifs is 1. The van der Waals surface area contributed by atoms with Crippen LogP contribution in [0.4, 0.5) is 17.5 Å². The van der Waals surface area contributed by atoms with Gasteiger partial charge in [0.25, 0.3) is 5.89 Å². The summed E-state index contributed by atoms with van der Waals surface area (Å²) in [5.74, 6) is 1.69. The fourth-order valence-electron chi connectivity index (χ4n) is 3.99. The Labute approximate surface area is 202 Å². The zero-order chi connectivity index (χ0) is 24.4. The molecule has 0 unspecified atom stereocenters. The summed E-state index contributed by atoms with van der Waals surface area (Å²) in [5.41, 5.74) is 4.34. The molecule has 4 aromatic rings. The number of anilines is 3. The number of carbonyl (C=O) groups is 1. The van der Waals surface area contributed by atoms with E-state index >= 15 is 0 Å². The highest BCUT2D eigenvalue weighted by molar-refractivity contribution is 5.81. The second-order valence-electron chi connectivity index (χ2n) is 8.43. The predicted octanol–water partition coefficient (Wildman–Crippen LogP) is 3.24. The van der Waals surface area contributed by atoms with Crippen molar-refractivity contribution in [2.24, 2.45) is 0 Å². The van der Waals surface area contributed by atoms with E-state index in [0.717, 1.165) is 22.4 Å². The zero-order valence-electron chi connectivity index (χ0n) is 19.4. The number of nitrogens with one attached hydrogen (secondary N) is 2. The molecule has 1 aliphatic heterocycles. The maximum absolute atomic E-state index is 12.0. The Bertz CT molecular complexity index is 1360. The minimum atomic E-state index is -0.404. The fraction of sp³-hybridized carbons (Fsp3) is 0.240. The average molecular weight is 472 g/mol. The Balaban J connectivity index is 1.46. The van der Waals surface area contributed by atoms with E-state index in [-0.39, 0.29) is 18.4 Å². The van der Waals surface area contributed by atoms with Crippen LogP contribution in [-0.2, 0) is 17.8 Å². The van der Waals surface area contributed by atoms with Crippen LogP contribution in [-0.4, -0.2) is 49.7 Å². The van der Waals surface area contributed by atoms with Gasteiger partial charge in [0.15, 0.2) is 5.82 Å². The van der Waals surface area contributed by atoms with Gasteiger partial charge in [-0.05, 0) is 35.7 Å². The maximum Gasteiger partial charge on any atom is 0.263 e. The van der Waals surface area contributed by atoms with Crippen molar-refractivity contribution < 1.29 is 14.4 Å². The Kier molecular flexibility index (Phi) is 6.11. The van der Waals surface area contributed by atoms with Crippen LogP contribution in [0.25, 0.3) is 11.5 Å². The second kappa shape index (κ2) is 9.51. The molecule has 1 amide bonds. The molecule has 0 saturated carbocycles. The molecule has 35 heavy (non-hydrogen) atoms. The number of aliphatic hydroxyl groups excluding tert-OH is 1. The highest BCUT2D eigenvalue weighted by atomic mass is 16.5. The number of aromatic nitrogens is 4. The third kappa shape index (κ3) is 4.82. The molecule has 0 fully saturated rings. The lowest BCUT2D eigenvalue weighted by molar-refractivity contribution is -0.130. The first-order chi connectivity index (χ1) is 17.0. The Morgan fingerprint density at radius 3 is 2.71 bits per heavy atom. The quantitative estimate of drug-likeness (QED) is 0.372. The van der Waals surface area contributed by atoms with E-state index in [2.05, 4.69) is 30.7 Å². The SMILES string of the molecule is Cc1noc(-c2cnc(Nc3ccc4c(c3)CN(C)C(=O)C4)nc2N[C@H](CO)c2ccccc2)n1. The molecule has 2 aromatic carbocycles. The number of benzene rings is 2. The van der Waals surface area contributed by atoms with E-state index in [1.807, 2.05) is 48.5 Å².